The number of Topliss-reactive ketones (excluding diaryl/α,β-unsaturated/α-hetero) is 1. The summed E-state index contributed by atoms with van der Waals surface area (Å²) in [4.78, 5) is 34.5. The van der Waals surface area contributed by atoms with Crippen LogP contribution < -0.4 is 0 Å². The topological polar surface area (TPSA) is 86.5 Å². The largest absolute Gasteiger partial charge is 0.454 e. The maximum Gasteiger partial charge on any atom is 0.342 e. The number of hydrogen-bond acceptors (Lipinski definition) is 5. The highest BCUT2D eigenvalue weighted by molar-refractivity contribution is 6.19. The van der Waals surface area contributed by atoms with Gasteiger partial charge in [-0.1, -0.05) is 42.5 Å². The van der Waals surface area contributed by atoms with Crippen molar-refractivity contribution in [3.63, 3.8) is 0 Å². The third-order valence-corrected chi connectivity index (χ3v) is 3.54. The lowest BCUT2D eigenvalue weighted by Crippen LogP contribution is -2.15. The van der Waals surface area contributed by atoms with Crippen LogP contribution in [0.15, 0.2) is 60.2 Å². The Morgan fingerprint density at radius 1 is 1.12 bits per heavy atom. The highest BCUT2D eigenvalue weighted by Gasteiger charge is 2.20. The molecule has 0 N–H and O–H groups in total. The van der Waals surface area contributed by atoms with Crippen LogP contribution in [0.1, 0.15) is 31.1 Å². The number of nitro groups is 1. The molecule has 0 spiro atoms. The van der Waals surface area contributed by atoms with Gasteiger partial charge in [-0.2, -0.15) is 0 Å². The Morgan fingerprint density at radius 3 is 2.40 bits per heavy atom. The molecule has 0 radical (unpaired) electrons. The molecule has 1 atom stereocenters. The van der Waals surface area contributed by atoms with E-state index in [-0.39, 0.29) is 11.3 Å². The molecular formula is C19H17NO5. The Labute approximate surface area is 144 Å². The summed E-state index contributed by atoms with van der Waals surface area (Å²) in [6.07, 6.45) is 0.775. The first-order valence-electron chi connectivity index (χ1n) is 7.61. The first kappa shape index (κ1) is 18.1. The molecule has 0 unspecified atom stereocenters. The second-order valence-electron chi connectivity index (χ2n) is 5.42. The van der Waals surface area contributed by atoms with Crippen molar-refractivity contribution in [2.75, 3.05) is 0 Å². The third kappa shape index (κ3) is 4.84. The summed E-state index contributed by atoms with van der Waals surface area (Å²) in [6, 6.07) is 14.8. The summed E-state index contributed by atoms with van der Waals surface area (Å²) >= 11 is 0. The van der Waals surface area contributed by atoms with Crippen molar-refractivity contribution in [1.29, 1.82) is 0 Å². The van der Waals surface area contributed by atoms with E-state index in [2.05, 4.69) is 0 Å². The van der Waals surface area contributed by atoms with Gasteiger partial charge in [0.2, 0.25) is 0 Å². The number of non-ortho nitro benzene ring substituents is 1. The molecule has 0 saturated heterocycles. The lowest BCUT2D eigenvalue weighted by molar-refractivity contribution is -0.384. The second-order valence-corrected chi connectivity index (χ2v) is 5.42. The number of carbonyl (C=O) groups is 2. The van der Waals surface area contributed by atoms with Crippen LogP contribution in [0.4, 0.5) is 5.69 Å². The molecule has 2 aromatic carbocycles. The first-order valence-corrected chi connectivity index (χ1v) is 7.61. The van der Waals surface area contributed by atoms with Crippen LogP contribution in [0.2, 0.25) is 0 Å². The number of hydrogen-bond donors (Lipinski definition) is 0. The number of benzene rings is 2. The van der Waals surface area contributed by atoms with Gasteiger partial charge in [0.25, 0.3) is 5.69 Å². The average molecular weight is 339 g/mol. The zero-order valence-electron chi connectivity index (χ0n) is 13.8. The van der Waals surface area contributed by atoms with Crippen molar-refractivity contribution in [3.8, 4) is 0 Å². The molecular weight excluding hydrogens is 322 g/mol. The van der Waals surface area contributed by atoms with E-state index in [4.69, 9.17) is 4.74 Å². The quantitative estimate of drug-likeness (QED) is 0.199. The molecule has 0 aliphatic heterocycles. The molecule has 0 aliphatic rings. The van der Waals surface area contributed by atoms with Crippen LogP contribution in [0, 0.1) is 10.1 Å². The van der Waals surface area contributed by atoms with E-state index in [0.717, 1.165) is 5.56 Å². The van der Waals surface area contributed by atoms with Crippen molar-refractivity contribution in [1.82, 2.24) is 0 Å². The molecule has 128 valence electrons. The standard InChI is InChI=1S/C19H17NO5/c1-13(21)18(12-15-7-6-10-17(11-15)20(23)24)19(22)25-14(2)16-8-4-3-5-9-16/h3-12,14H,1-2H3/b18-12+/t14-/m0/s1. The van der Waals surface area contributed by atoms with Crippen molar-refractivity contribution in [2.45, 2.75) is 20.0 Å². The van der Waals surface area contributed by atoms with Gasteiger partial charge in [0, 0.05) is 12.1 Å². The summed E-state index contributed by atoms with van der Waals surface area (Å²) in [5, 5.41) is 10.8. The van der Waals surface area contributed by atoms with E-state index in [0.29, 0.717) is 5.56 Å². The molecule has 0 heterocycles. The minimum atomic E-state index is -0.768. The number of esters is 1. The molecule has 2 rings (SSSR count). The van der Waals surface area contributed by atoms with Gasteiger partial charge in [0.1, 0.15) is 11.7 Å². The van der Waals surface area contributed by atoms with Gasteiger partial charge in [-0.3, -0.25) is 14.9 Å². The van der Waals surface area contributed by atoms with Crippen molar-refractivity contribution in [3.05, 3.63) is 81.4 Å². The van der Waals surface area contributed by atoms with E-state index in [9.17, 15) is 19.7 Å². The monoisotopic (exact) mass is 339 g/mol. The fourth-order valence-electron chi connectivity index (χ4n) is 2.22. The summed E-state index contributed by atoms with van der Waals surface area (Å²) in [5.41, 5.74) is 0.892. The fourth-order valence-corrected chi connectivity index (χ4v) is 2.22. The van der Waals surface area contributed by atoms with E-state index < -0.39 is 22.8 Å². The third-order valence-electron chi connectivity index (χ3n) is 3.54. The average Bonchev–Trinajstić information content (AvgIpc) is 2.60. The SMILES string of the molecule is CC(=O)/C(=C\c1cccc([N+](=O)[O-])c1)C(=O)O[C@@H](C)c1ccccc1. The van der Waals surface area contributed by atoms with E-state index in [1.807, 2.05) is 30.3 Å². The maximum atomic E-state index is 12.3. The van der Waals surface area contributed by atoms with Gasteiger partial charge in [-0.15, -0.1) is 0 Å². The summed E-state index contributed by atoms with van der Waals surface area (Å²) in [7, 11) is 0. The van der Waals surface area contributed by atoms with Crippen LogP contribution in [0.3, 0.4) is 0 Å². The number of rotatable bonds is 6. The lowest BCUT2D eigenvalue weighted by atomic mass is 10.1. The zero-order chi connectivity index (χ0) is 18.4. The Bertz CT molecular complexity index is 827. The molecule has 25 heavy (non-hydrogen) atoms. The van der Waals surface area contributed by atoms with Crippen molar-refractivity contribution < 1.29 is 19.2 Å². The lowest BCUT2D eigenvalue weighted by Gasteiger charge is -2.14. The molecule has 0 fully saturated rings. The smallest absolute Gasteiger partial charge is 0.342 e. The van der Waals surface area contributed by atoms with Crippen LogP contribution in [0.5, 0.6) is 0 Å². The van der Waals surface area contributed by atoms with Gasteiger partial charge in [-0.05, 0) is 31.1 Å². The van der Waals surface area contributed by atoms with Crippen molar-refractivity contribution in [2.24, 2.45) is 0 Å². The van der Waals surface area contributed by atoms with E-state index in [1.165, 1.54) is 31.2 Å². The minimum Gasteiger partial charge on any atom is -0.454 e. The van der Waals surface area contributed by atoms with Crippen LogP contribution in [0.25, 0.3) is 6.08 Å². The molecule has 6 nitrogen and oxygen atoms in total. The van der Waals surface area contributed by atoms with Crippen molar-refractivity contribution >= 4 is 23.5 Å². The predicted octanol–water partition coefficient (Wildman–Crippen LogP) is 3.87. The zero-order valence-corrected chi connectivity index (χ0v) is 13.8. The predicted molar refractivity (Wildman–Crippen MR) is 92.7 cm³/mol. The van der Waals surface area contributed by atoms with E-state index >= 15 is 0 Å². The van der Waals surface area contributed by atoms with Gasteiger partial charge >= 0.3 is 5.97 Å². The first-order chi connectivity index (χ1) is 11.9. The molecule has 0 aromatic heterocycles. The summed E-state index contributed by atoms with van der Waals surface area (Å²) in [5.74, 6) is -1.24. The van der Waals surface area contributed by atoms with Gasteiger partial charge < -0.3 is 4.74 Å². The Morgan fingerprint density at radius 2 is 1.80 bits per heavy atom. The fraction of sp³-hybridized carbons (Fsp3) is 0.158. The number of nitrogens with zero attached hydrogens (tertiary/aromatic N) is 1. The highest BCUT2D eigenvalue weighted by atomic mass is 16.6. The van der Waals surface area contributed by atoms with Gasteiger partial charge in [0.05, 0.1) is 4.92 Å². The normalized spacial score (nSPS) is 12.3. The molecule has 0 aliphatic carbocycles. The Kier molecular flexibility index (Phi) is 5.79. The molecule has 0 saturated carbocycles. The summed E-state index contributed by atoms with van der Waals surface area (Å²) in [6.45, 7) is 2.95. The number of nitro benzene ring substituents is 1. The van der Waals surface area contributed by atoms with Crippen LogP contribution in [-0.4, -0.2) is 16.7 Å². The molecule has 0 amide bonds. The minimum absolute atomic E-state index is 0.123. The number of ketones is 1. The molecule has 2 aromatic rings. The second kappa shape index (κ2) is 8.01. The summed E-state index contributed by atoms with van der Waals surface area (Å²) < 4.78 is 5.35. The van der Waals surface area contributed by atoms with E-state index in [1.54, 1.807) is 13.0 Å². The maximum absolute atomic E-state index is 12.3. The highest BCUT2D eigenvalue weighted by Crippen LogP contribution is 2.20. The van der Waals surface area contributed by atoms with Gasteiger partial charge in [-0.25, -0.2) is 4.79 Å². The molecule has 0 bridgehead atoms. The number of carbonyl (C=O) groups excluding carboxylic acids is 2. The van der Waals surface area contributed by atoms with Crippen LogP contribution >= 0.6 is 0 Å². The Balaban J connectivity index is 2.25. The van der Waals surface area contributed by atoms with Gasteiger partial charge in [0.15, 0.2) is 5.78 Å². The Hall–Kier alpha value is -3.28. The molecule has 6 heteroatoms. The van der Waals surface area contributed by atoms with Crippen LogP contribution in [-0.2, 0) is 14.3 Å². The number of ether oxygens (including phenoxy) is 1.